The normalized spacial score (nSPS) is 20.4. The van der Waals surface area contributed by atoms with Gasteiger partial charge in [0.15, 0.2) is 5.82 Å². The number of benzene rings is 1. The Balaban J connectivity index is 1.36. The van der Waals surface area contributed by atoms with Gasteiger partial charge in [-0.05, 0) is 38.0 Å². The highest BCUT2D eigenvalue weighted by atomic mass is 19.1. The van der Waals surface area contributed by atoms with Crippen LogP contribution in [0.3, 0.4) is 0 Å². The number of nitrogens with zero attached hydrogens (tertiary/aromatic N) is 4. The second-order valence-corrected chi connectivity index (χ2v) is 8.64. The molecule has 2 N–H and O–H groups in total. The van der Waals surface area contributed by atoms with Crippen LogP contribution in [0.2, 0.25) is 0 Å². The zero-order chi connectivity index (χ0) is 23.3. The first-order chi connectivity index (χ1) is 15.9. The van der Waals surface area contributed by atoms with Crippen LogP contribution >= 0.6 is 0 Å². The number of piperazine rings is 1. The van der Waals surface area contributed by atoms with Crippen molar-refractivity contribution in [3.8, 4) is 0 Å². The molecule has 172 valence electrons. The Labute approximate surface area is 188 Å². The van der Waals surface area contributed by atoms with Crippen molar-refractivity contribution in [2.45, 2.75) is 38.4 Å². The van der Waals surface area contributed by atoms with Gasteiger partial charge in [0.25, 0.3) is 11.5 Å². The third-order valence-corrected chi connectivity index (χ3v) is 6.67. The van der Waals surface area contributed by atoms with E-state index < -0.39 is 23.2 Å². The number of pyridine rings is 1. The monoisotopic (exact) mass is 454 g/mol. The molecule has 3 aromatic rings. The van der Waals surface area contributed by atoms with Crippen LogP contribution in [0.15, 0.2) is 29.1 Å². The summed E-state index contributed by atoms with van der Waals surface area (Å²) in [5, 5.41) is 2.44. The van der Waals surface area contributed by atoms with Gasteiger partial charge in [-0.1, -0.05) is 6.07 Å². The number of amides is 1. The molecule has 3 aliphatic heterocycles. The van der Waals surface area contributed by atoms with E-state index in [1.165, 1.54) is 13.1 Å². The predicted octanol–water partition coefficient (Wildman–Crippen LogP) is 2.12. The fraction of sp³-hybridized carbons (Fsp3) is 0.391. The Morgan fingerprint density at radius 3 is 2.64 bits per heavy atom. The number of aromatic nitrogens is 3. The van der Waals surface area contributed by atoms with Crippen LogP contribution in [0.25, 0.3) is 11.0 Å². The van der Waals surface area contributed by atoms with Crippen molar-refractivity contribution in [3.05, 3.63) is 63.3 Å². The molecular weight excluding hydrogens is 430 g/mol. The summed E-state index contributed by atoms with van der Waals surface area (Å²) in [7, 11) is 1.47. The van der Waals surface area contributed by atoms with E-state index in [0.29, 0.717) is 42.1 Å². The first kappa shape index (κ1) is 21.4. The minimum atomic E-state index is -0.664. The maximum Gasteiger partial charge on any atom is 0.269 e. The molecule has 0 radical (unpaired) electrons. The minimum Gasteiger partial charge on any atom is -0.362 e. The highest BCUT2D eigenvalue weighted by Gasteiger charge is 2.40. The van der Waals surface area contributed by atoms with Crippen LogP contribution in [-0.2, 0) is 6.54 Å². The van der Waals surface area contributed by atoms with Gasteiger partial charge in [-0.15, -0.1) is 0 Å². The number of rotatable bonds is 4. The van der Waals surface area contributed by atoms with E-state index in [4.69, 9.17) is 0 Å². The fourth-order valence-corrected chi connectivity index (χ4v) is 4.90. The van der Waals surface area contributed by atoms with Gasteiger partial charge in [0.1, 0.15) is 16.9 Å². The average molecular weight is 454 g/mol. The van der Waals surface area contributed by atoms with Crippen LogP contribution < -0.4 is 15.8 Å². The van der Waals surface area contributed by atoms with Gasteiger partial charge in [0.05, 0.1) is 11.2 Å². The molecule has 1 amide bonds. The van der Waals surface area contributed by atoms with Crippen LogP contribution in [0.4, 0.5) is 14.5 Å². The first-order valence-corrected chi connectivity index (χ1v) is 10.9. The highest BCUT2D eigenvalue weighted by Crippen LogP contribution is 2.35. The van der Waals surface area contributed by atoms with Crippen molar-refractivity contribution in [3.63, 3.8) is 0 Å². The molecule has 8 nitrogen and oxygen atoms in total. The number of carbonyl (C=O) groups is 1. The van der Waals surface area contributed by atoms with Crippen LogP contribution in [-0.4, -0.2) is 58.0 Å². The molecule has 33 heavy (non-hydrogen) atoms. The lowest BCUT2D eigenvalue weighted by Crippen LogP contribution is -2.62. The summed E-state index contributed by atoms with van der Waals surface area (Å²) in [5.74, 6) is -1.56. The summed E-state index contributed by atoms with van der Waals surface area (Å²) in [4.78, 5) is 38.4. The second-order valence-electron chi connectivity index (χ2n) is 8.64. The summed E-state index contributed by atoms with van der Waals surface area (Å²) in [6.07, 6.45) is 1.83. The predicted molar refractivity (Wildman–Crippen MR) is 119 cm³/mol. The Hall–Kier alpha value is -3.40. The lowest BCUT2D eigenvalue weighted by atomic mass is 9.90. The fourth-order valence-electron chi connectivity index (χ4n) is 4.90. The minimum absolute atomic E-state index is 0.0389. The molecule has 2 bridgehead atoms. The molecule has 0 spiro atoms. The third-order valence-electron chi connectivity index (χ3n) is 6.67. The molecule has 0 saturated carbocycles. The van der Waals surface area contributed by atoms with Crippen molar-refractivity contribution in [2.24, 2.45) is 0 Å². The SMILES string of the molecule is CNC(=O)c1ccc(N2CC3CCC2CN3Cc2ccc3nc(C)c(=O)[nH]c3c2F)c(F)n1. The zero-order valence-corrected chi connectivity index (χ0v) is 18.4. The molecule has 1 aromatic carbocycles. The molecule has 2 unspecified atom stereocenters. The molecule has 2 aromatic heterocycles. The van der Waals surface area contributed by atoms with Crippen molar-refractivity contribution in [1.29, 1.82) is 0 Å². The molecule has 3 saturated heterocycles. The number of H-pyrrole nitrogens is 1. The van der Waals surface area contributed by atoms with Gasteiger partial charge >= 0.3 is 0 Å². The summed E-state index contributed by atoms with van der Waals surface area (Å²) in [6, 6.07) is 6.75. The largest absolute Gasteiger partial charge is 0.362 e. The number of nitrogens with one attached hydrogen (secondary N) is 2. The summed E-state index contributed by atoms with van der Waals surface area (Å²) >= 11 is 0. The zero-order valence-electron chi connectivity index (χ0n) is 18.4. The topological polar surface area (TPSA) is 94.2 Å². The molecule has 6 rings (SSSR count). The van der Waals surface area contributed by atoms with E-state index in [1.54, 1.807) is 25.1 Å². The Kier molecular flexibility index (Phi) is 5.32. The quantitative estimate of drug-likeness (QED) is 0.587. The molecule has 2 atom stereocenters. The van der Waals surface area contributed by atoms with Crippen LogP contribution in [0.5, 0.6) is 0 Å². The Bertz CT molecular complexity index is 1310. The number of carbonyl (C=O) groups excluding carboxylic acids is 1. The number of anilines is 1. The highest BCUT2D eigenvalue weighted by molar-refractivity contribution is 5.92. The van der Waals surface area contributed by atoms with Gasteiger partial charge < -0.3 is 15.2 Å². The molecule has 5 heterocycles. The van der Waals surface area contributed by atoms with E-state index in [-0.39, 0.29) is 23.3 Å². The van der Waals surface area contributed by atoms with Crippen molar-refractivity contribution >= 4 is 22.6 Å². The maximum absolute atomic E-state index is 15.2. The standard InChI is InChI=1S/C23H24F2N6O2/c1-12-22(32)29-20-16(27-12)6-3-13(19(20)24)9-30-10-15-5-4-14(30)11-31(15)18-8-7-17(23(33)26-2)28-21(18)25/h3,6-8,14-15H,4-5,9-11H2,1-2H3,(H,26,33)(H,29,32). The van der Waals surface area contributed by atoms with Crippen molar-refractivity contribution in [1.82, 2.24) is 25.2 Å². The van der Waals surface area contributed by atoms with E-state index in [1.807, 2.05) is 4.90 Å². The average Bonchev–Trinajstić information content (AvgIpc) is 2.82. The molecule has 3 fully saturated rings. The lowest BCUT2D eigenvalue weighted by molar-refractivity contribution is 0.0873. The van der Waals surface area contributed by atoms with Gasteiger partial charge in [-0.3, -0.25) is 14.5 Å². The summed E-state index contributed by atoms with van der Waals surface area (Å²) in [6.45, 7) is 3.23. The van der Waals surface area contributed by atoms with E-state index in [0.717, 1.165) is 12.8 Å². The third kappa shape index (κ3) is 3.74. The van der Waals surface area contributed by atoms with Crippen molar-refractivity contribution in [2.75, 3.05) is 25.0 Å². The van der Waals surface area contributed by atoms with Gasteiger partial charge in [-0.2, -0.15) is 4.39 Å². The summed E-state index contributed by atoms with van der Waals surface area (Å²) in [5.41, 5.74) is 1.35. The smallest absolute Gasteiger partial charge is 0.269 e. The number of hydrogen-bond donors (Lipinski definition) is 2. The van der Waals surface area contributed by atoms with E-state index in [9.17, 15) is 14.0 Å². The number of halogens is 2. The Morgan fingerprint density at radius 1 is 1.15 bits per heavy atom. The molecule has 3 aliphatic rings. The number of piperidine rings is 2. The lowest BCUT2D eigenvalue weighted by Gasteiger charge is -2.52. The number of hydrogen-bond acceptors (Lipinski definition) is 6. The number of aryl methyl sites for hydroxylation is 1. The first-order valence-electron chi connectivity index (χ1n) is 10.9. The molecule has 10 heteroatoms. The van der Waals surface area contributed by atoms with Gasteiger partial charge in [-0.25, -0.2) is 14.4 Å². The van der Waals surface area contributed by atoms with E-state index >= 15 is 4.39 Å². The number of fused-ring (bicyclic) bond motifs is 4. The summed E-state index contributed by atoms with van der Waals surface area (Å²) < 4.78 is 29.9. The second kappa shape index (κ2) is 8.18. The van der Waals surface area contributed by atoms with Crippen LogP contribution in [0, 0.1) is 18.7 Å². The van der Waals surface area contributed by atoms with Crippen molar-refractivity contribution < 1.29 is 13.6 Å². The Morgan fingerprint density at radius 2 is 1.94 bits per heavy atom. The molecular formula is C23H24F2N6O2. The maximum atomic E-state index is 15.2. The molecule has 0 aliphatic carbocycles. The van der Waals surface area contributed by atoms with Gasteiger partial charge in [0, 0.05) is 44.3 Å². The van der Waals surface area contributed by atoms with Gasteiger partial charge in [0.2, 0.25) is 5.95 Å². The van der Waals surface area contributed by atoms with Crippen LogP contribution in [0.1, 0.15) is 34.6 Å². The number of aromatic amines is 1. The van der Waals surface area contributed by atoms with E-state index in [2.05, 4.69) is 25.2 Å².